The van der Waals surface area contributed by atoms with Crippen LogP contribution in [0.15, 0.2) is 24.3 Å². The average molecular weight is 319 g/mol. The number of nitrogens with one attached hydrogen (secondary N) is 1. The number of aryl methyl sites for hydroxylation is 1. The molecule has 1 N–H and O–H groups in total. The molecule has 0 aliphatic rings. The summed E-state index contributed by atoms with van der Waals surface area (Å²) in [4.78, 5) is 0. The smallest absolute Gasteiger partial charge is 0.0627 e. The third-order valence-electron chi connectivity index (χ3n) is 3.00. The van der Waals surface area contributed by atoms with Gasteiger partial charge in [0.2, 0.25) is 0 Å². The van der Waals surface area contributed by atoms with Crippen molar-refractivity contribution in [3.05, 3.63) is 35.0 Å². The van der Waals surface area contributed by atoms with Crippen LogP contribution in [0.5, 0.6) is 0 Å². The van der Waals surface area contributed by atoms with Crippen LogP contribution in [0.4, 0.5) is 0 Å². The number of hydrogen-bond donors (Lipinski definition) is 1. The fourth-order valence-corrected chi connectivity index (χ4v) is 3.25. The molecule has 0 aliphatic heterocycles. The van der Waals surface area contributed by atoms with Crippen molar-refractivity contribution in [3.63, 3.8) is 0 Å². The minimum absolute atomic E-state index is 0.405. The van der Waals surface area contributed by atoms with Crippen molar-refractivity contribution in [2.75, 3.05) is 12.0 Å². The van der Waals surface area contributed by atoms with Crippen LogP contribution >= 0.6 is 23.2 Å². The second-order valence-corrected chi connectivity index (χ2v) is 7.81. The molecule has 0 spiro atoms. The molecule has 0 aliphatic carbocycles. The fraction of sp³-hybridized carbons (Fsp3) is 0.385. The normalized spacial score (nSPS) is 14.7. The molecule has 0 unspecified atom stereocenters. The van der Waals surface area contributed by atoms with Gasteiger partial charge in [-0.2, -0.15) is 0 Å². The van der Waals surface area contributed by atoms with Crippen LogP contribution in [0.3, 0.4) is 0 Å². The van der Waals surface area contributed by atoms with Crippen LogP contribution in [-0.4, -0.2) is 20.8 Å². The molecule has 1 heterocycles. The van der Waals surface area contributed by atoms with Crippen LogP contribution in [0, 0.1) is 4.78 Å². The third kappa shape index (κ3) is 3.65. The highest BCUT2D eigenvalue weighted by molar-refractivity contribution is 7.91. The minimum atomic E-state index is -2.42. The largest absolute Gasteiger partial charge is 0.343 e. The standard InChI is InChI=1S/C13H16Cl2N2OS/c1-19(16,18)6-2-5-17-12(9-14)8-10-7-11(15)3-4-13(10)17/h3-4,7-8,16H,2,5-6,9H2,1H3/t19-/m1/s1. The zero-order chi connectivity index (χ0) is 14.0. The zero-order valence-corrected chi connectivity index (χ0v) is 13.0. The van der Waals surface area contributed by atoms with Gasteiger partial charge in [-0.05, 0) is 30.7 Å². The van der Waals surface area contributed by atoms with Crippen LogP contribution in [0.1, 0.15) is 12.1 Å². The summed E-state index contributed by atoms with van der Waals surface area (Å²) in [7, 11) is -2.42. The predicted molar refractivity (Wildman–Crippen MR) is 82.8 cm³/mol. The topological polar surface area (TPSA) is 45.9 Å². The molecule has 0 bridgehead atoms. The molecule has 104 valence electrons. The lowest BCUT2D eigenvalue weighted by Gasteiger charge is -2.09. The molecule has 3 nitrogen and oxygen atoms in total. The van der Waals surface area contributed by atoms with Crippen molar-refractivity contribution in [1.82, 2.24) is 4.57 Å². The van der Waals surface area contributed by atoms with E-state index in [1.807, 2.05) is 24.3 Å². The number of fused-ring (bicyclic) bond motifs is 1. The maximum atomic E-state index is 11.4. The van der Waals surface area contributed by atoms with E-state index in [4.69, 9.17) is 28.0 Å². The Labute approximate surface area is 123 Å². The van der Waals surface area contributed by atoms with Gasteiger partial charge in [0.25, 0.3) is 0 Å². The van der Waals surface area contributed by atoms with Crippen molar-refractivity contribution < 1.29 is 4.21 Å². The number of rotatable bonds is 5. The summed E-state index contributed by atoms with van der Waals surface area (Å²) in [6.45, 7) is 0.719. The van der Waals surface area contributed by atoms with E-state index in [1.54, 1.807) is 0 Å². The first kappa shape index (κ1) is 14.7. The zero-order valence-electron chi connectivity index (χ0n) is 10.7. The quantitative estimate of drug-likeness (QED) is 0.829. The van der Waals surface area contributed by atoms with Crippen molar-refractivity contribution >= 4 is 43.8 Å². The molecular weight excluding hydrogens is 303 g/mol. The Hall–Kier alpha value is -0.710. The van der Waals surface area contributed by atoms with Gasteiger partial charge in [0.05, 0.1) is 5.88 Å². The van der Waals surface area contributed by atoms with Crippen molar-refractivity contribution in [1.29, 1.82) is 4.78 Å². The number of alkyl halides is 1. The Bertz CT molecular complexity index is 692. The monoisotopic (exact) mass is 318 g/mol. The summed E-state index contributed by atoms with van der Waals surface area (Å²) in [6, 6.07) is 7.76. The highest BCUT2D eigenvalue weighted by Gasteiger charge is 2.09. The molecule has 0 saturated heterocycles. The van der Waals surface area contributed by atoms with Gasteiger partial charge in [0.1, 0.15) is 0 Å². The second-order valence-electron chi connectivity index (χ2n) is 4.69. The maximum absolute atomic E-state index is 11.4. The van der Waals surface area contributed by atoms with Crippen LogP contribution in [0.25, 0.3) is 10.9 Å². The Morgan fingerprint density at radius 2 is 2.11 bits per heavy atom. The molecular formula is C13H16Cl2N2OS. The average Bonchev–Trinajstić information content (AvgIpc) is 2.65. The van der Waals surface area contributed by atoms with E-state index in [-0.39, 0.29) is 0 Å². The molecule has 0 amide bonds. The van der Waals surface area contributed by atoms with Crippen molar-refractivity contribution in [2.45, 2.75) is 18.8 Å². The highest BCUT2D eigenvalue weighted by atomic mass is 35.5. The van der Waals surface area contributed by atoms with E-state index in [0.717, 1.165) is 23.1 Å². The van der Waals surface area contributed by atoms with Crippen molar-refractivity contribution in [3.8, 4) is 0 Å². The Balaban J connectivity index is 2.30. The number of hydrogen-bond acceptors (Lipinski definition) is 2. The number of nitrogens with zero attached hydrogens (tertiary/aromatic N) is 1. The SMILES string of the molecule is C[S@@](=N)(=O)CCCn1c(CCl)cc2cc(Cl)ccc21. The van der Waals surface area contributed by atoms with Gasteiger partial charge in [0, 0.05) is 49.9 Å². The summed E-state index contributed by atoms with van der Waals surface area (Å²) >= 11 is 11.9. The molecule has 2 rings (SSSR count). The molecule has 1 aromatic heterocycles. The fourth-order valence-electron chi connectivity index (χ4n) is 2.17. The molecule has 1 aromatic carbocycles. The van der Waals surface area contributed by atoms with Crippen molar-refractivity contribution in [2.24, 2.45) is 0 Å². The lowest BCUT2D eigenvalue weighted by molar-refractivity contribution is 0.656. The summed E-state index contributed by atoms with van der Waals surface area (Å²) < 4.78 is 20.9. The van der Waals surface area contributed by atoms with Crippen LogP contribution in [0.2, 0.25) is 5.02 Å². The number of halogens is 2. The molecule has 2 aromatic rings. The Morgan fingerprint density at radius 3 is 2.74 bits per heavy atom. The molecule has 19 heavy (non-hydrogen) atoms. The summed E-state index contributed by atoms with van der Waals surface area (Å²) in [5, 5.41) is 1.76. The molecule has 6 heteroatoms. The van der Waals surface area contributed by atoms with E-state index in [0.29, 0.717) is 23.1 Å². The first-order chi connectivity index (χ1) is 8.90. The van der Waals surface area contributed by atoms with Crippen LogP contribution in [-0.2, 0) is 22.2 Å². The van der Waals surface area contributed by atoms with Gasteiger partial charge in [-0.25, -0.2) is 0 Å². The predicted octanol–water partition coefficient (Wildman–Crippen LogP) is 4.10. The van der Waals surface area contributed by atoms with Gasteiger partial charge in [-0.1, -0.05) is 11.6 Å². The van der Waals surface area contributed by atoms with Gasteiger partial charge in [-0.15, -0.1) is 11.6 Å². The second kappa shape index (κ2) is 5.73. The van der Waals surface area contributed by atoms with E-state index in [2.05, 4.69) is 4.57 Å². The van der Waals surface area contributed by atoms with Gasteiger partial charge in [-0.3, -0.25) is 8.99 Å². The van der Waals surface area contributed by atoms with E-state index >= 15 is 0 Å². The number of benzene rings is 1. The molecule has 0 fully saturated rings. The van der Waals surface area contributed by atoms with E-state index < -0.39 is 9.73 Å². The van der Waals surface area contributed by atoms with Gasteiger partial charge in [0.15, 0.2) is 0 Å². The summed E-state index contributed by atoms with van der Waals surface area (Å²) in [5.41, 5.74) is 2.10. The minimum Gasteiger partial charge on any atom is -0.343 e. The summed E-state index contributed by atoms with van der Waals surface area (Å²) in [6.07, 6.45) is 2.18. The number of aromatic nitrogens is 1. The molecule has 1 atom stereocenters. The maximum Gasteiger partial charge on any atom is 0.0627 e. The van der Waals surface area contributed by atoms with Gasteiger partial charge >= 0.3 is 0 Å². The Kier molecular flexibility index (Phi) is 4.43. The third-order valence-corrected chi connectivity index (χ3v) is 4.58. The van der Waals surface area contributed by atoms with Crippen LogP contribution < -0.4 is 0 Å². The van der Waals surface area contributed by atoms with E-state index in [9.17, 15) is 4.21 Å². The molecule has 0 radical (unpaired) electrons. The lowest BCUT2D eigenvalue weighted by Crippen LogP contribution is -2.08. The van der Waals surface area contributed by atoms with E-state index in [1.165, 1.54) is 6.26 Å². The summed E-state index contributed by atoms with van der Waals surface area (Å²) in [5.74, 6) is 0.830. The highest BCUT2D eigenvalue weighted by Crippen LogP contribution is 2.25. The first-order valence-corrected chi connectivity index (χ1v) is 9.00. The molecule has 0 saturated carbocycles. The Morgan fingerprint density at radius 1 is 1.37 bits per heavy atom. The first-order valence-electron chi connectivity index (χ1n) is 5.96. The van der Waals surface area contributed by atoms with Gasteiger partial charge < -0.3 is 4.57 Å². The lowest BCUT2D eigenvalue weighted by atomic mass is 10.2.